The van der Waals surface area contributed by atoms with Gasteiger partial charge in [0.2, 0.25) is 5.91 Å². The highest BCUT2D eigenvalue weighted by molar-refractivity contribution is 5.97. The number of nitro benzene ring substituents is 1. The van der Waals surface area contributed by atoms with Crippen LogP contribution in [0.1, 0.15) is 35.5 Å². The van der Waals surface area contributed by atoms with Crippen LogP contribution in [-0.2, 0) is 17.9 Å². The molecular formula is C24H24FN3O5. The Morgan fingerprint density at radius 2 is 1.79 bits per heavy atom. The molecule has 0 aliphatic carbocycles. The van der Waals surface area contributed by atoms with Gasteiger partial charge in [-0.15, -0.1) is 0 Å². The molecule has 9 heteroatoms. The molecule has 0 spiro atoms. The molecule has 2 aromatic carbocycles. The minimum Gasteiger partial charge on any atom is -0.467 e. The van der Waals surface area contributed by atoms with Crippen LogP contribution in [0.2, 0.25) is 0 Å². The highest BCUT2D eigenvalue weighted by Crippen LogP contribution is 2.18. The van der Waals surface area contributed by atoms with Crippen molar-refractivity contribution >= 4 is 17.5 Å². The summed E-state index contributed by atoms with van der Waals surface area (Å²) in [5.41, 5.74) is 0.644. The van der Waals surface area contributed by atoms with Crippen LogP contribution in [0.25, 0.3) is 0 Å². The Balaban J connectivity index is 1.82. The van der Waals surface area contributed by atoms with Crippen molar-refractivity contribution in [3.8, 4) is 0 Å². The fourth-order valence-electron chi connectivity index (χ4n) is 3.29. The van der Waals surface area contributed by atoms with E-state index in [1.807, 2.05) is 0 Å². The zero-order valence-electron chi connectivity index (χ0n) is 18.3. The Morgan fingerprint density at radius 1 is 1.06 bits per heavy atom. The summed E-state index contributed by atoms with van der Waals surface area (Å²) in [6.07, 6.45) is 1.50. The van der Waals surface area contributed by atoms with Crippen molar-refractivity contribution in [2.24, 2.45) is 0 Å². The van der Waals surface area contributed by atoms with Crippen molar-refractivity contribution in [2.75, 3.05) is 6.54 Å². The molecule has 33 heavy (non-hydrogen) atoms. The van der Waals surface area contributed by atoms with Crippen molar-refractivity contribution in [1.29, 1.82) is 0 Å². The maximum atomic E-state index is 13.3. The van der Waals surface area contributed by atoms with Crippen molar-refractivity contribution in [3.63, 3.8) is 0 Å². The van der Waals surface area contributed by atoms with Crippen LogP contribution in [0.5, 0.6) is 0 Å². The van der Waals surface area contributed by atoms with E-state index in [1.54, 1.807) is 38.1 Å². The number of furan rings is 1. The molecule has 1 aromatic heterocycles. The molecule has 3 aromatic rings. The molecule has 0 radical (unpaired) electrons. The molecule has 0 atom stereocenters. The molecule has 0 aliphatic heterocycles. The lowest BCUT2D eigenvalue weighted by Crippen LogP contribution is -2.45. The summed E-state index contributed by atoms with van der Waals surface area (Å²) < 4.78 is 18.7. The predicted octanol–water partition coefficient (Wildman–Crippen LogP) is 4.41. The Hall–Kier alpha value is -4.01. The van der Waals surface area contributed by atoms with Crippen LogP contribution < -0.4 is 0 Å². The molecule has 0 unspecified atom stereocenters. The van der Waals surface area contributed by atoms with Gasteiger partial charge in [0.25, 0.3) is 11.6 Å². The highest BCUT2D eigenvalue weighted by Gasteiger charge is 2.26. The number of carbonyl (C=O) groups is 2. The third-order valence-corrected chi connectivity index (χ3v) is 5.06. The SMILES string of the molecule is CC(C)N(CC(=O)N(Cc1ccc(F)cc1)Cc1ccco1)C(=O)c1cccc([N+](=O)[O-])c1. The summed E-state index contributed by atoms with van der Waals surface area (Å²) in [6, 6.07) is 14.3. The fraction of sp³-hybridized carbons (Fsp3) is 0.250. The molecule has 0 saturated carbocycles. The van der Waals surface area contributed by atoms with Gasteiger partial charge in [0, 0.05) is 30.3 Å². The third-order valence-electron chi connectivity index (χ3n) is 5.06. The topological polar surface area (TPSA) is 96.9 Å². The Bertz CT molecular complexity index is 1110. The van der Waals surface area contributed by atoms with Gasteiger partial charge >= 0.3 is 0 Å². The summed E-state index contributed by atoms with van der Waals surface area (Å²) in [5, 5.41) is 11.1. The zero-order chi connectivity index (χ0) is 24.0. The summed E-state index contributed by atoms with van der Waals surface area (Å²) in [5.74, 6) is -0.646. The van der Waals surface area contributed by atoms with Gasteiger partial charge < -0.3 is 14.2 Å². The first kappa shape index (κ1) is 23.6. The van der Waals surface area contributed by atoms with Crippen molar-refractivity contribution in [3.05, 3.63) is 99.7 Å². The molecule has 172 valence electrons. The number of hydrogen-bond donors (Lipinski definition) is 0. The molecule has 3 rings (SSSR count). The number of halogens is 1. The zero-order valence-corrected chi connectivity index (χ0v) is 18.3. The lowest BCUT2D eigenvalue weighted by molar-refractivity contribution is -0.384. The lowest BCUT2D eigenvalue weighted by Gasteiger charge is -2.30. The summed E-state index contributed by atoms with van der Waals surface area (Å²) in [4.78, 5) is 39.8. The molecule has 2 amide bonds. The molecule has 8 nitrogen and oxygen atoms in total. The monoisotopic (exact) mass is 453 g/mol. The average molecular weight is 453 g/mol. The van der Waals surface area contributed by atoms with Crippen LogP contribution in [-0.4, -0.2) is 39.1 Å². The van der Waals surface area contributed by atoms with E-state index in [0.29, 0.717) is 5.76 Å². The van der Waals surface area contributed by atoms with Gasteiger partial charge in [-0.05, 0) is 49.7 Å². The number of nitro groups is 1. The van der Waals surface area contributed by atoms with Gasteiger partial charge in [-0.2, -0.15) is 0 Å². The first-order chi connectivity index (χ1) is 15.7. The number of hydrogen-bond acceptors (Lipinski definition) is 5. The van der Waals surface area contributed by atoms with Crippen LogP contribution in [0.4, 0.5) is 10.1 Å². The number of nitrogens with zero attached hydrogens (tertiary/aromatic N) is 3. The Kier molecular flexibility index (Phi) is 7.55. The lowest BCUT2D eigenvalue weighted by atomic mass is 10.1. The first-order valence-corrected chi connectivity index (χ1v) is 10.3. The van der Waals surface area contributed by atoms with Crippen LogP contribution in [0.15, 0.2) is 71.3 Å². The number of non-ortho nitro benzene ring substituents is 1. The average Bonchev–Trinajstić information content (AvgIpc) is 3.31. The van der Waals surface area contributed by atoms with Gasteiger partial charge in [0.1, 0.15) is 18.1 Å². The highest BCUT2D eigenvalue weighted by atomic mass is 19.1. The van der Waals surface area contributed by atoms with Gasteiger partial charge in [-0.1, -0.05) is 18.2 Å². The molecule has 0 bridgehead atoms. The summed E-state index contributed by atoms with van der Waals surface area (Å²) in [7, 11) is 0. The van der Waals surface area contributed by atoms with Gasteiger partial charge in [0.05, 0.1) is 17.7 Å². The van der Waals surface area contributed by atoms with E-state index >= 15 is 0 Å². The predicted molar refractivity (Wildman–Crippen MR) is 119 cm³/mol. The van der Waals surface area contributed by atoms with Gasteiger partial charge in [-0.25, -0.2) is 4.39 Å². The number of benzene rings is 2. The molecule has 0 saturated heterocycles. The van der Waals surface area contributed by atoms with E-state index in [2.05, 4.69) is 0 Å². The second kappa shape index (κ2) is 10.5. The molecular weight excluding hydrogens is 429 g/mol. The molecule has 0 fully saturated rings. The fourth-order valence-corrected chi connectivity index (χ4v) is 3.29. The minimum atomic E-state index is -0.574. The second-order valence-corrected chi connectivity index (χ2v) is 7.79. The largest absolute Gasteiger partial charge is 0.467 e. The van der Waals surface area contributed by atoms with E-state index in [9.17, 15) is 24.1 Å². The maximum absolute atomic E-state index is 13.3. The van der Waals surface area contributed by atoms with E-state index in [1.165, 1.54) is 52.5 Å². The van der Waals surface area contributed by atoms with E-state index in [0.717, 1.165) is 5.56 Å². The van der Waals surface area contributed by atoms with E-state index in [-0.39, 0.29) is 48.7 Å². The molecule has 0 aliphatic rings. The third kappa shape index (κ3) is 6.25. The number of amides is 2. The maximum Gasteiger partial charge on any atom is 0.270 e. The van der Waals surface area contributed by atoms with Crippen molar-refractivity contribution < 1.29 is 23.3 Å². The van der Waals surface area contributed by atoms with Crippen LogP contribution >= 0.6 is 0 Å². The summed E-state index contributed by atoms with van der Waals surface area (Å²) >= 11 is 0. The minimum absolute atomic E-state index is 0.127. The molecule has 0 N–H and O–H groups in total. The van der Waals surface area contributed by atoms with E-state index in [4.69, 9.17) is 4.42 Å². The number of rotatable bonds is 9. The van der Waals surface area contributed by atoms with Crippen LogP contribution in [0.3, 0.4) is 0 Å². The molecule has 1 heterocycles. The first-order valence-electron chi connectivity index (χ1n) is 10.3. The smallest absolute Gasteiger partial charge is 0.270 e. The number of carbonyl (C=O) groups excluding carboxylic acids is 2. The quantitative estimate of drug-likeness (QED) is 0.353. The Labute approximate surface area is 190 Å². The Morgan fingerprint density at radius 3 is 2.39 bits per heavy atom. The normalized spacial score (nSPS) is 10.8. The van der Waals surface area contributed by atoms with Crippen molar-refractivity contribution in [2.45, 2.75) is 33.0 Å². The van der Waals surface area contributed by atoms with E-state index < -0.39 is 10.8 Å². The van der Waals surface area contributed by atoms with Crippen molar-refractivity contribution in [1.82, 2.24) is 9.80 Å². The summed E-state index contributed by atoms with van der Waals surface area (Å²) in [6.45, 7) is 3.65. The van der Waals surface area contributed by atoms with Crippen LogP contribution in [0, 0.1) is 15.9 Å². The van der Waals surface area contributed by atoms with Gasteiger partial charge in [-0.3, -0.25) is 19.7 Å². The standard InChI is InChI=1S/C24H24FN3O5/c1-17(2)27(24(30)19-5-3-6-21(13-19)28(31)32)16-23(29)26(15-22-7-4-12-33-22)14-18-8-10-20(25)11-9-18/h3-13,17H,14-16H2,1-2H3. The van der Waals surface area contributed by atoms with Gasteiger partial charge in [0.15, 0.2) is 0 Å². The second-order valence-electron chi connectivity index (χ2n) is 7.79.